The monoisotopic (exact) mass is 482 g/mol. The van der Waals surface area contributed by atoms with Gasteiger partial charge in [0.05, 0.1) is 18.6 Å². The first-order valence-corrected chi connectivity index (χ1v) is 12.2. The zero-order valence-corrected chi connectivity index (χ0v) is 20.7. The van der Waals surface area contributed by atoms with Gasteiger partial charge in [-0.25, -0.2) is 0 Å². The van der Waals surface area contributed by atoms with Gasteiger partial charge in [0, 0.05) is 31.0 Å². The number of likely N-dealkylation sites (tertiary alicyclic amines) is 1. The lowest BCUT2D eigenvalue weighted by atomic mass is 9.75. The molecular formula is C27H31ClN2O4. The Morgan fingerprint density at radius 3 is 2.41 bits per heavy atom. The van der Waals surface area contributed by atoms with Crippen molar-refractivity contribution in [2.45, 2.75) is 62.9 Å². The van der Waals surface area contributed by atoms with Gasteiger partial charge in [-0.05, 0) is 49.1 Å². The molecule has 2 aromatic rings. The summed E-state index contributed by atoms with van der Waals surface area (Å²) in [7, 11) is 3.34. The van der Waals surface area contributed by atoms with Crippen molar-refractivity contribution >= 4 is 29.3 Å². The Labute approximate surface area is 205 Å². The lowest BCUT2D eigenvalue weighted by Crippen LogP contribution is -2.45. The molecule has 0 spiro atoms. The summed E-state index contributed by atoms with van der Waals surface area (Å²) in [6.07, 6.45) is 3.49. The van der Waals surface area contributed by atoms with Crippen LogP contribution in [0.5, 0.6) is 5.75 Å². The molecule has 180 valence electrons. The van der Waals surface area contributed by atoms with E-state index in [2.05, 4.69) is 0 Å². The Morgan fingerprint density at radius 2 is 1.79 bits per heavy atom. The number of hydrogen-bond donors (Lipinski definition) is 0. The lowest BCUT2D eigenvalue weighted by molar-refractivity contribution is -0.144. The summed E-state index contributed by atoms with van der Waals surface area (Å²) in [5.41, 5.74) is 0.211. The summed E-state index contributed by atoms with van der Waals surface area (Å²) in [6, 6.07) is 14.3. The molecule has 0 bridgehead atoms. The van der Waals surface area contributed by atoms with Crippen LogP contribution in [0.2, 0.25) is 5.02 Å². The highest BCUT2D eigenvalue weighted by Crippen LogP contribution is 2.45. The summed E-state index contributed by atoms with van der Waals surface area (Å²) >= 11 is 6.55. The van der Waals surface area contributed by atoms with Crippen LogP contribution in [0.3, 0.4) is 0 Å². The van der Waals surface area contributed by atoms with Crippen LogP contribution < -0.4 is 4.74 Å². The number of amides is 3. The molecule has 7 heteroatoms. The van der Waals surface area contributed by atoms with Crippen molar-refractivity contribution in [3.05, 3.63) is 64.7 Å². The van der Waals surface area contributed by atoms with Gasteiger partial charge in [-0.1, -0.05) is 54.8 Å². The van der Waals surface area contributed by atoms with Gasteiger partial charge < -0.3 is 9.64 Å². The summed E-state index contributed by atoms with van der Waals surface area (Å²) in [6.45, 7) is 1.94. The topological polar surface area (TPSA) is 66.9 Å². The van der Waals surface area contributed by atoms with Crippen LogP contribution >= 0.6 is 11.6 Å². The fraction of sp³-hybridized carbons (Fsp3) is 0.444. The van der Waals surface area contributed by atoms with E-state index in [9.17, 15) is 14.4 Å². The molecule has 4 rings (SSSR count). The van der Waals surface area contributed by atoms with E-state index in [1.54, 1.807) is 43.3 Å². The van der Waals surface area contributed by atoms with Crippen LogP contribution in [-0.4, -0.2) is 47.7 Å². The second kappa shape index (κ2) is 9.79. The van der Waals surface area contributed by atoms with Crippen molar-refractivity contribution in [3.63, 3.8) is 0 Å². The van der Waals surface area contributed by atoms with Gasteiger partial charge in [0.1, 0.15) is 5.75 Å². The number of ether oxygens (including phenoxy) is 1. The molecule has 0 aromatic heterocycles. The molecule has 2 aromatic carbocycles. The van der Waals surface area contributed by atoms with Crippen molar-refractivity contribution in [1.82, 2.24) is 9.80 Å². The van der Waals surface area contributed by atoms with Gasteiger partial charge in [0.2, 0.25) is 17.7 Å². The van der Waals surface area contributed by atoms with Gasteiger partial charge in [-0.15, -0.1) is 0 Å². The predicted molar refractivity (Wildman–Crippen MR) is 131 cm³/mol. The van der Waals surface area contributed by atoms with E-state index in [0.717, 1.165) is 37.0 Å². The maximum atomic E-state index is 13.9. The molecule has 1 aliphatic heterocycles. The van der Waals surface area contributed by atoms with Gasteiger partial charge in [0.15, 0.2) is 0 Å². The molecule has 1 heterocycles. The highest BCUT2D eigenvalue weighted by atomic mass is 35.5. The first-order chi connectivity index (χ1) is 16.3. The number of imide groups is 1. The zero-order chi connectivity index (χ0) is 24.5. The smallest absolute Gasteiger partial charge is 0.241 e. The van der Waals surface area contributed by atoms with Crippen LogP contribution in [0.25, 0.3) is 0 Å². The third-order valence-corrected chi connectivity index (χ3v) is 7.78. The normalized spacial score (nSPS) is 21.7. The van der Waals surface area contributed by atoms with Crippen molar-refractivity contribution in [3.8, 4) is 5.75 Å². The Hall–Kier alpha value is -2.86. The van der Waals surface area contributed by atoms with Crippen LogP contribution in [0.1, 0.15) is 62.6 Å². The van der Waals surface area contributed by atoms with Gasteiger partial charge in [0.25, 0.3) is 0 Å². The average Bonchev–Trinajstić information content (AvgIpc) is 3.45. The fourth-order valence-electron chi connectivity index (χ4n) is 5.29. The van der Waals surface area contributed by atoms with E-state index >= 15 is 0 Å². The Kier molecular flexibility index (Phi) is 6.99. The van der Waals surface area contributed by atoms with Crippen molar-refractivity contribution in [2.75, 3.05) is 14.2 Å². The average molecular weight is 483 g/mol. The van der Waals surface area contributed by atoms with E-state index < -0.39 is 5.41 Å². The van der Waals surface area contributed by atoms with Crippen LogP contribution in [0, 0.1) is 0 Å². The number of carbonyl (C=O) groups is 3. The van der Waals surface area contributed by atoms with Gasteiger partial charge in [-0.3, -0.25) is 19.3 Å². The van der Waals surface area contributed by atoms with E-state index in [1.165, 1.54) is 4.90 Å². The largest absolute Gasteiger partial charge is 0.497 e. The summed E-state index contributed by atoms with van der Waals surface area (Å²) in [5.74, 6) is 0.0224. The SMILES string of the molecule is COc1ccc(C(C)N(C)C(=O)CC2(c3ccccc3Cl)CC(=O)N(C3CCCC3)C2=O)cc1. The number of benzene rings is 2. The Morgan fingerprint density at radius 1 is 1.15 bits per heavy atom. The molecule has 0 N–H and O–H groups in total. The highest BCUT2D eigenvalue weighted by molar-refractivity contribution is 6.32. The first kappa shape index (κ1) is 24.3. The molecule has 1 saturated carbocycles. The van der Waals surface area contributed by atoms with Crippen molar-refractivity contribution in [2.24, 2.45) is 0 Å². The zero-order valence-electron chi connectivity index (χ0n) is 19.9. The van der Waals surface area contributed by atoms with Crippen LogP contribution in [0.15, 0.2) is 48.5 Å². The minimum absolute atomic E-state index is 0.0391. The predicted octanol–water partition coefficient (Wildman–Crippen LogP) is 4.90. The summed E-state index contributed by atoms with van der Waals surface area (Å²) in [4.78, 5) is 43.7. The molecule has 2 atom stereocenters. The van der Waals surface area contributed by atoms with E-state index in [-0.39, 0.29) is 42.6 Å². The van der Waals surface area contributed by atoms with Gasteiger partial charge >= 0.3 is 0 Å². The molecule has 2 aliphatic rings. The van der Waals surface area contributed by atoms with Crippen molar-refractivity contribution < 1.29 is 19.1 Å². The Bertz CT molecular complexity index is 1080. The van der Waals surface area contributed by atoms with Crippen LogP contribution in [0.4, 0.5) is 0 Å². The molecule has 2 fully saturated rings. The van der Waals surface area contributed by atoms with E-state index in [4.69, 9.17) is 16.3 Å². The number of nitrogens with zero attached hydrogens (tertiary/aromatic N) is 2. The molecule has 34 heavy (non-hydrogen) atoms. The number of carbonyl (C=O) groups excluding carboxylic acids is 3. The molecule has 1 aliphatic carbocycles. The summed E-state index contributed by atoms with van der Waals surface area (Å²) < 4.78 is 5.23. The van der Waals surface area contributed by atoms with Crippen LogP contribution in [-0.2, 0) is 19.8 Å². The number of rotatable bonds is 7. The fourth-order valence-corrected chi connectivity index (χ4v) is 5.61. The second-order valence-corrected chi connectivity index (χ2v) is 9.78. The lowest BCUT2D eigenvalue weighted by Gasteiger charge is -2.33. The summed E-state index contributed by atoms with van der Waals surface area (Å²) in [5, 5.41) is 0.399. The van der Waals surface area contributed by atoms with E-state index in [0.29, 0.717) is 10.6 Å². The highest BCUT2D eigenvalue weighted by Gasteiger charge is 2.56. The van der Waals surface area contributed by atoms with E-state index in [1.807, 2.05) is 31.2 Å². The minimum Gasteiger partial charge on any atom is -0.497 e. The standard InChI is InChI=1S/C27H31ClN2O4/c1-18(19-12-14-21(34-3)15-13-19)29(2)24(31)16-27(22-10-6-7-11-23(22)28)17-25(32)30(26(27)33)20-8-4-5-9-20/h6-7,10-15,18,20H,4-5,8-9,16-17H2,1-3H3. The maximum Gasteiger partial charge on any atom is 0.241 e. The first-order valence-electron chi connectivity index (χ1n) is 11.8. The van der Waals surface area contributed by atoms with Gasteiger partial charge in [-0.2, -0.15) is 0 Å². The molecule has 3 amide bonds. The minimum atomic E-state index is -1.29. The maximum absolute atomic E-state index is 13.9. The number of methoxy groups -OCH3 is 1. The number of hydrogen-bond acceptors (Lipinski definition) is 4. The molecule has 2 unspecified atom stereocenters. The quantitative estimate of drug-likeness (QED) is 0.526. The number of halogens is 1. The molecule has 0 radical (unpaired) electrons. The van der Waals surface area contributed by atoms with Crippen molar-refractivity contribution in [1.29, 1.82) is 0 Å². The molecule has 6 nitrogen and oxygen atoms in total. The molecule has 1 saturated heterocycles. The third-order valence-electron chi connectivity index (χ3n) is 7.45. The second-order valence-electron chi connectivity index (χ2n) is 9.38. The molecular weight excluding hydrogens is 452 g/mol. The Balaban J connectivity index is 1.65. The third kappa shape index (κ3) is 4.31.